The lowest BCUT2D eigenvalue weighted by Gasteiger charge is -2.35. The van der Waals surface area contributed by atoms with Crippen LogP contribution in [0, 0.1) is 0 Å². The molecule has 0 radical (unpaired) electrons. The molecule has 12 aromatic rings. The Morgan fingerprint density at radius 2 is 0.608 bits per heavy atom. The van der Waals surface area contributed by atoms with Crippen LogP contribution in [-0.2, 0) is 5.41 Å². The molecule has 0 atom stereocenters. The van der Waals surface area contributed by atoms with Gasteiger partial charge in [0.1, 0.15) is 0 Å². The second kappa shape index (κ2) is 19.2. The van der Waals surface area contributed by atoms with Gasteiger partial charge in [-0.1, -0.05) is 285 Å². The smallest absolute Gasteiger partial charge is 0.0714 e. The highest BCUT2D eigenvalue weighted by atomic mass is 15.1. The predicted octanol–water partition coefficient (Wildman–Crippen LogP) is 19.5. The van der Waals surface area contributed by atoms with Crippen molar-refractivity contribution in [2.24, 2.45) is 0 Å². The molecule has 1 nitrogen and oxygen atoms in total. The van der Waals surface area contributed by atoms with Crippen molar-refractivity contribution in [1.82, 2.24) is 0 Å². The number of anilines is 3. The highest BCUT2D eigenvalue weighted by Crippen LogP contribution is 2.58. The van der Waals surface area contributed by atoms with Crippen molar-refractivity contribution in [3.8, 4) is 77.9 Å². The van der Waals surface area contributed by atoms with Gasteiger partial charge in [0.2, 0.25) is 0 Å². The van der Waals surface area contributed by atoms with Crippen LogP contribution in [-0.4, -0.2) is 0 Å². The molecule has 0 saturated heterocycles. The van der Waals surface area contributed by atoms with Gasteiger partial charge in [-0.3, -0.25) is 0 Å². The van der Waals surface area contributed by atoms with Gasteiger partial charge < -0.3 is 4.90 Å². The first kappa shape index (κ1) is 44.4. The zero-order valence-electron chi connectivity index (χ0n) is 40.9. The fraction of sp³-hybridized carbons (Fsp3) is 0.0137. The highest BCUT2D eigenvalue weighted by molar-refractivity contribution is 6.04. The van der Waals surface area contributed by atoms with Crippen LogP contribution in [0.2, 0.25) is 0 Å². The topological polar surface area (TPSA) is 3.24 Å². The summed E-state index contributed by atoms with van der Waals surface area (Å²) in [4.78, 5) is 2.53. The molecule has 0 unspecified atom stereocenters. The molecule has 74 heavy (non-hydrogen) atoms. The lowest BCUT2D eigenvalue weighted by molar-refractivity contribution is 0.768. The van der Waals surface area contributed by atoms with Gasteiger partial charge in [-0.05, 0) is 113 Å². The van der Waals surface area contributed by atoms with Crippen LogP contribution < -0.4 is 4.90 Å². The number of hydrogen-bond acceptors (Lipinski definition) is 1. The molecular formula is C73H51N. The Bertz CT molecular complexity index is 3880. The van der Waals surface area contributed by atoms with Gasteiger partial charge in [-0.15, -0.1) is 0 Å². The number of hydrogen-bond donors (Lipinski definition) is 0. The van der Waals surface area contributed by atoms with Gasteiger partial charge in [-0.25, -0.2) is 0 Å². The molecule has 1 heteroatoms. The van der Waals surface area contributed by atoms with E-state index in [1.807, 2.05) is 0 Å². The maximum atomic E-state index is 2.53. The minimum absolute atomic E-state index is 0.583. The van der Waals surface area contributed by atoms with Crippen molar-refractivity contribution < 1.29 is 0 Å². The molecule has 1 aliphatic rings. The van der Waals surface area contributed by atoms with Gasteiger partial charge in [0.15, 0.2) is 0 Å². The fourth-order valence-corrected chi connectivity index (χ4v) is 11.8. The molecular weight excluding hydrogens is 891 g/mol. The first-order chi connectivity index (χ1) is 36.8. The number of nitrogens with zero attached hydrogens (tertiary/aromatic N) is 1. The lowest BCUT2D eigenvalue weighted by Crippen LogP contribution is -2.28. The van der Waals surface area contributed by atoms with Crippen LogP contribution >= 0.6 is 0 Å². The van der Waals surface area contributed by atoms with Gasteiger partial charge in [0.25, 0.3) is 0 Å². The number of fused-ring (bicyclic) bond motifs is 3. The van der Waals surface area contributed by atoms with Crippen LogP contribution in [0.1, 0.15) is 22.3 Å². The van der Waals surface area contributed by atoms with Crippen molar-refractivity contribution in [3.63, 3.8) is 0 Å². The largest absolute Gasteiger partial charge is 0.309 e. The Morgan fingerprint density at radius 3 is 1.23 bits per heavy atom. The van der Waals surface area contributed by atoms with E-state index in [-0.39, 0.29) is 0 Å². The minimum atomic E-state index is -0.583. The van der Waals surface area contributed by atoms with Crippen LogP contribution in [0.15, 0.2) is 309 Å². The Labute approximate surface area is 434 Å². The zero-order chi connectivity index (χ0) is 49.3. The molecule has 12 aromatic carbocycles. The molecule has 0 spiro atoms. The Morgan fingerprint density at radius 1 is 0.216 bits per heavy atom. The van der Waals surface area contributed by atoms with E-state index in [1.165, 1.54) is 77.9 Å². The van der Waals surface area contributed by atoms with Crippen molar-refractivity contribution in [2.75, 3.05) is 4.90 Å². The maximum Gasteiger partial charge on any atom is 0.0714 e. The zero-order valence-corrected chi connectivity index (χ0v) is 40.9. The predicted molar refractivity (Wildman–Crippen MR) is 311 cm³/mol. The Kier molecular flexibility index (Phi) is 11.5. The minimum Gasteiger partial charge on any atom is -0.309 e. The SMILES string of the molecule is c1ccc(-c2ccc(-c3ccccc3N(c3ccc4c(c3)C(c3ccccc3)(c3ccccc3)c3ccccc3-4)c3ccccc3-c3cccc(-c4ccccc4)c3-c3ccccc3-c3ccccc3)cc2)cc1. The number of rotatable bonds is 11. The molecule has 0 bridgehead atoms. The average Bonchev–Trinajstić information content (AvgIpc) is 3.82. The van der Waals surface area contributed by atoms with Gasteiger partial charge in [0, 0.05) is 16.8 Å². The summed E-state index contributed by atoms with van der Waals surface area (Å²) >= 11 is 0. The van der Waals surface area contributed by atoms with Gasteiger partial charge in [0.05, 0.1) is 16.8 Å². The summed E-state index contributed by atoms with van der Waals surface area (Å²) in [6, 6.07) is 114. The summed E-state index contributed by atoms with van der Waals surface area (Å²) in [5, 5.41) is 0. The third kappa shape index (κ3) is 7.66. The van der Waals surface area contributed by atoms with Crippen molar-refractivity contribution >= 4 is 17.1 Å². The van der Waals surface area contributed by atoms with E-state index in [9.17, 15) is 0 Å². The highest BCUT2D eigenvalue weighted by Gasteiger charge is 2.46. The quantitative estimate of drug-likeness (QED) is 0.125. The third-order valence-electron chi connectivity index (χ3n) is 15.0. The van der Waals surface area contributed by atoms with E-state index in [0.717, 1.165) is 39.3 Å². The summed E-state index contributed by atoms with van der Waals surface area (Å²) in [6.07, 6.45) is 0. The molecule has 0 aromatic heterocycles. The first-order valence-electron chi connectivity index (χ1n) is 25.6. The van der Waals surface area contributed by atoms with Crippen LogP contribution in [0.25, 0.3) is 77.9 Å². The second-order valence-corrected chi connectivity index (χ2v) is 19.1. The molecule has 348 valence electrons. The lowest BCUT2D eigenvalue weighted by atomic mass is 9.67. The summed E-state index contributed by atoms with van der Waals surface area (Å²) in [5.74, 6) is 0. The molecule has 0 N–H and O–H groups in total. The van der Waals surface area contributed by atoms with Crippen LogP contribution in [0.4, 0.5) is 17.1 Å². The summed E-state index contributed by atoms with van der Waals surface area (Å²) < 4.78 is 0. The van der Waals surface area contributed by atoms with E-state index in [4.69, 9.17) is 0 Å². The summed E-state index contributed by atoms with van der Waals surface area (Å²) in [5.41, 5.74) is 24.2. The standard InChI is InChI=1S/C73H51N/c1-6-25-52(26-7-1)53-45-47-56(48-46-53)61-36-19-22-43-70(61)74(59-49-50-64-63-37-18-21-42-68(63)73(69(64)51-59,57-31-12-4-13-32-57)58-33-14-5-15-34-58)71-44-23-20-38-65(71)67-41-24-40-62(55-29-10-3-11-30-55)72(67)66-39-17-16-35-60(66)54-27-8-2-9-28-54/h1-51H. The summed E-state index contributed by atoms with van der Waals surface area (Å²) in [6.45, 7) is 0. The van der Waals surface area contributed by atoms with Crippen molar-refractivity contribution in [1.29, 1.82) is 0 Å². The fourth-order valence-electron chi connectivity index (χ4n) is 11.8. The van der Waals surface area contributed by atoms with Crippen molar-refractivity contribution in [2.45, 2.75) is 5.41 Å². The normalized spacial score (nSPS) is 12.2. The average molecular weight is 942 g/mol. The van der Waals surface area contributed by atoms with E-state index < -0.39 is 5.41 Å². The second-order valence-electron chi connectivity index (χ2n) is 19.1. The van der Waals surface area contributed by atoms with Crippen LogP contribution in [0.5, 0.6) is 0 Å². The summed E-state index contributed by atoms with van der Waals surface area (Å²) in [7, 11) is 0. The molecule has 1 aliphatic carbocycles. The molecule has 13 rings (SSSR count). The maximum absolute atomic E-state index is 2.53. The van der Waals surface area contributed by atoms with Gasteiger partial charge >= 0.3 is 0 Å². The van der Waals surface area contributed by atoms with E-state index >= 15 is 0 Å². The molecule has 0 aliphatic heterocycles. The molecule has 0 heterocycles. The Balaban J connectivity index is 1.10. The van der Waals surface area contributed by atoms with Crippen LogP contribution in [0.3, 0.4) is 0 Å². The first-order valence-corrected chi connectivity index (χ1v) is 25.6. The van der Waals surface area contributed by atoms with E-state index in [0.29, 0.717) is 0 Å². The van der Waals surface area contributed by atoms with E-state index in [2.05, 4.69) is 314 Å². The van der Waals surface area contributed by atoms with Crippen molar-refractivity contribution in [3.05, 3.63) is 332 Å². The Hall–Kier alpha value is -9.56. The molecule has 0 amide bonds. The molecule has 0 saturated carbocycles. The van der Waals surface area contributed by atoms with E-state index in [1.54, 1.807) is 0 Å². The number of benzene rings is 12. The third-order valence-corrected chi connectivity index (χ3v) is 15.0. The van der Waals surface area contributed by atoms with Gasteiger partial charge in [-0.2, -0.15) is 0 Å². The molecule has 0 fully saturated rings. The monoisotopic (exact) mass is 941 g/mol. The number of para-hydroxylation sites is 2.